The minimum absolute atomic E-state index is 0.00826. The van der Waals surface area contributed by atoms with Crippen molar-refractivity contribution in [3.05, 3.63) is 222 Å². The summed E-state index contributed by atoms with van der Waals surface area (Å²) in [6.07, 6.45) is 4.72. The standard InChI is InChI=1S/C71H68BN3Si/c1-47-42-60-67-64(43-47)76(55-24-15-11-16-25-55,56-26-17-12-18-27-56)63-29-21-28-59-66(63)72(67)65-61(73(59)52-35-31-50(32-36-52)68(2,3)4)45-54(46-62(65)74(60)53-37-33-51(34-38-53)69(5,6)7)75-58-39-30-49(48-22-13-10-14-23-48)44-57(58)70(8)40-19-20-41-71(70,75)9/h10-18,21-39,42-46H,19-20,40-41H2,1-9H3. The molecule has 76 heavy (non-hydrogen) atoms. The Balaban J connectivity index is 1.12. The first-order valence-electron chi connectivity index (χ1n) is 28.0. The number of benzene rings is 9. The quantitative estimate of drug-likeness (QED) is 0.154. The van der Waals surface area contributed by atoms with Crippen molar-refractivity contribution in [1.82, 2.24) is 0 Å². The summed E-state index contributed by atoms with van der Waals surface area (Å²) >= 11 is 0. The van der Waals surface area contributed by atoms with Gasteiger partial charge in [0.15, 0.2) is 8.07 Å². The maximum Gasteiger partial charge on any atom is 0.251 e. The normalized spacial score (nSPS) is 19.5. The van der Waals surface area contributed by atoms with E-state index in [9.17, 15) is 0 Å². The van der Waals surface area contributed by atoms with Gasteiger partial charge >= 0.3 is 0 Å². The first kappa shape index (κ1) is 47.1. The lowest BCUT2D eigenvalue weighted by Crippen LogP contribution is -2.88. The van der Waals surface area contributed by atoms with Crippen LogP contribution in [0.2, 0.25) is 0 Å². The first-order chi connectivity index (χ1) is 36.6. The van der Waals surface area contributed by atoms with Gasteiger partial charge in [0.1, 0.15) is 0 Å². The number of rotatable bonds is 6. The number of fused-ring (bicyclic) bond motifs is 3. The van der Waals surface area contributed by atoms with Crippen molar-refractivity contribution < 1.29 is 0 Å². The van der Waals surface area contributed by atoms with Crippen LogP contribution in [0, 0.1) is 6.92 Å². The van der Waals surface area contributed by atoms with E-state index in [4.69, 9.17) is 0 Å². The first-order valence-corrected chi connectivity index (χ1v) is 30.0. The van der Waals surface area contributed by atoms with Crippen LogP contribution >= 0.6 is 0 Å². The molecule has 4 aliphatic heterocycles. The molecule has 2 unspecified atom stereocenters. The van der Waals surface area contributed by atoms with E-state index in [1.807, 2.05) is 0 Å². The summed E-state index contributed by atoms with van der Waals surface area (Å²) in [6.45, 7) is 21.5. The third-order valence-corrected chi connectivity index (χ3v) is 23.9. The van der Waals surface area contributed by atoms with Gasteiger partial charge in [0.2, 0.25) is 0 Å². The fourth-order valence-corrected chi connectivity index (χ4v) is 20.5. The summed E-state index contributed by atoms with van der Waals surface area (Å²) in [5.41, 5.74) is 22.2. The molecule has 9 aromatic rings. The number of anilines is 8. The molecule has 0 N–H and O–H groups in total. The van der Waals surface area contributed by atoms with E-state index in [0.29, 0.717) is 0 Å². The zero-order valence-corrected chi connectivity index (χ0v) is 46.8. The molecule has 0 radical (unpaired) electrons. The molecule has 1 saturated carbocycles. The van der Waals surface area contributed by atoms with Crippen molar-refractivity contribution in [2.75, 3.05) is 14.7 Å². The summed E-state index contributed by atoms with van der Waals surface area (Å²) in [4.78, 5) is 8.20. The molecule has 5 heteroatoms. The van der Waals surface area contributed by atoms with Gasteiger partial charge in [-0.25, -0.2) is 0 Å². The molecule has 2 atom stereocenters. The molecule has 0 spiro atoms. The maximum atomic E-state index is 2.82. The van der Waals surface area contributed by atoms with Gasteiger partial charge in [-0.1, -0.05) is 201 Å². The van der Waals surface area contributed by atoms with Crippen LogP contribution in [0.15, 0.2) is 200 Å². The monoisotopic (exact) mass is 1000 g/mol. The van der Waals surface area contributed by atoms with Crippen LogP contribution in [0.25, 0.3) is 11.1 Å². The Kier molecular flexibility index (Phi) is 10.3. The Morgan fingerprint density at radius 1 is 0.434 bits per heavy atom. The van der Waals surface area contributed by atoms with Gasteiger partial charge < -0.3 is 14.7 Å². The molecule has 14 rings (SSSR count). The lowest BCUT2D eigenvalue weighted by molar-refractivity contribution is 0.195. The molecule has 1 fully saturated rings. The molecule has 0 bridgehead atoms. The van der Waals surface area contributed by atoms with E-state index in [0.717, 1.165) is 12.8 Å². The van der Waals surface area contributed by atoms with Gasteiger partial charge in [-0.3, -0.25) is 0 Å². The van der Waals surface area contributed by atoms with E-state index in [-0.39, 0.29) is 28.5 Å². The van der Waals surface area contributed by atoms with Gasteiger partial charge in [-0.15, -0.1) is 0 Å². The van der Waals surface area contributed by atoms with Crippen molar-refractivity contribution >= 4 is 97.4 Å². The van der Waals surface area contributed by atoms with E-state index in [1.54, 1.807) is 0 Å². The summed E-state index contributed by atoms with van der Waals surface area (Å²) in [6, 6.07) is 78.6. The number of nitrogens with zero attached hydrogens (tertiary/aromatic N) is 3. The van der Waals surface area contributed by atoms with Crippen molar-refractivity contribution in [2.24, 2.45) is 0 Å². The topological polar surface area (TPSA) is 9.72 Å². The van der Waals surface area contributed by atoms with Crippen LogP contribution in [0.4, 0.5) is 45.5 Å². The Hall–Kier alpha value is -7.34. The van der Waals surface area contributed by atoms with Crippen LogP contribution < -0.4 is 51.8 Å². The highest BCUT2D eigenvalue weighted by Gasteiger charge is 2.60. The van der Waals surface area contributed by atoms with Crippen LogP contribution in [0.3, 0.4) is 0 Å². The molecule has 0 aromatic heterocycles. The SMILES string of the molecule is Cc1cc2c3c(c1)[Si](c1ccccc1)(c1ccccc1)c1cccc4c1B3c1c(cc(N3c5ccc(-c6ccccc6)cc5C5(C)CCCCC35C)cc1N2c1ccc(C(C)(C)C)cc1)N4c1ccc(C(C)(C)C)cc1. The van der Waals surface area contributed by atoms with E-state index >= 15 is 0 Å². The number of hydrogen-bond acceptors (Lipinski definition) is 3. The summed E-state index contributed by atoms with van der Waals surface area (Å²) in [5, 5.41) is 5.83. The largest absolute Gasteiger partial charge is 0.334 e. The smallest absolute Gasteiger partial charge is 0.251 e. The third kappa shape index (κ3) is 6.54. The second-order valence-electron chi connectivity index (χ2n) is 25.3. The molecule has 0 amide bonds. The molecule has 5 aliphatic rings. The Labute approximate surface area is 453 Å². The van der Waals surface area contributed by atoms with Gasteiger partial charge in [0.05, 0.1) is 5.54 Å². The van der Waals surface area contributed by atoms with E-state index < -0.39 is 8.07 Å². The maximum absolute atomic E-state index is 3.02. The van der Waals surface area contributed by atoms with E-state index in [1.165, 1.54) is 129 Å². The molecule has 1 aliphatic carbocycles. The molecular formula is C71H68BN3Si. The van der Waals surface area contributed by atoms with Crippen molar-refractivity contribution in [2.45, 2.75) is 110 Å². The molecule has 9 aromatic carbocycles. The Bertz CT molecular complexity index is 3740. The van der Waals surface area contributed by atoms with Gasteiger partial charge in [-0.05, 0) is 169 Å². The van der Waals surface area contributed by atoms with Crippen molar-refractivity contribution in [3.63, 3.8) is 0 Å². The van der Waals surface area contributed by atoms with Crippen molar-refractivity contribution in [3.8, 4) is 11.1 Å². The van der Waals surface area contributed by atoms with Gasteiger partial charge in [0.25, 0.3) is 6.71 Å². The highest BCUT2D eigenvalue weighted by molar-refractivity contribution is 7.27. The fourth-order valence-electron chi connectivity index (χ4n) is 15.1. The van der Waals surface area contributed by atoms with Crippen LogP contribution in [-0.4, -0.2) is 20.3 Å². The molecule has 3 nitrogen and oxygen atoms in total. The average Bonchev–Trinajstić information content (AvgIpc) is 3.33. The highest BCUT2D eigenvalue weighted by atomic mass is 28.3. The summed E-state index contributed by atoms with van der Waals surface area (Å²) < 4.78 is 0. The van der Waals surface area contributed by atoms with E-state index in [2.05, 4.69) is 277 Å². The molecule has 4 heterocycles. The second-order valence-corrected chi connectivity index (χ2v) is 29.0. The summed E-state index contributed by atoms with van der Waals surface area (Å²) in [5.74, 6) is 0. The number of hydrogen-bond donors (Lipinski definition) is 0. The summed E-state index contributed by atoms with van der Waals surface area (Å²) in [7, 11) is -3.02. The predicted molar refractivity (Wildman–Crippen MR) is 328 cm³/mol. The van der Waals surface area contributed by atoms with Crippen LogP contribution in [0.5, 0.6) is 0 Å². The molecule has 0 saturated heterocycles. The lowest BCUT2D eigenvalue weighted by atomic mass is 9.33. The minimum Gasteiger partial charge on any atom is -0.334 e. The predicted octanol–water partition coefficient (Wildman–Crippen LogP) is 13.8. The fraction of sp³-hybridized carbons (Fsp3) is 0.239. The van der Waals surface area contributed by atoms with Crippen LogP contribution in [-0.2, 0) is 16.2 Å². The van der Waals surface area contributed by atoms with Crippen LogP contribution in [0.1, 0.15) is 103 Å². The zero-order valence-electron chi connectivity index (χ0n) is 45.8. The highest BCUT2D eigenvalue weighted by Crippen LogP contribution is 2.62. The Morgan fingerprint density at radius 2 is 0.961 bits per heavy atom. The minimum atomic E-state index is -3.02. The Morgan fingerprint density at radius 3 is 1.54 bits per heavy atom. The second kappa shape index (κ2) is 16.6. The van der Waals surface area contributed by atoms with Gasteiger partial charge in [-0.2, -0.15) is 0 Å². The van der Waals surface area contributed by atoms with Gasteiger partial charge in [0, 0.05) is 50.9 Å². The third-order valence-electron chi connectivity index (χ3n) is 19.0. The molecule has 374 valence electrons. The zero-order chi connectivity index (χ0) is 52.1. The average molecular weight is 1000 g/mol. The molecular weight excluding hydrogens is 934 g/mol. The lowest BCUT2D eigenvalue weighted by Gasteiger charge is -2.53. The number of aryl methyl sites for hydroxylation is 1. The van der Waals surface area contributed by atoms with Crippen molar-refractivity contribution in [1.29, 1.82) is 0 Å².